The van der Waals surface area contributed by atoms with Gasteiger partial charge in [-0.1, -0.05) is 110 Å². The molecule has 0 amide bonds. The summed E-state index contributed by atoms with van der Waals surface area (Å²) >= 11 is 0. The van der Waals surface area contributed by atoms with Crippen LogP contribution in [0.15, 0.2) is 0 Å². The van der Waals surface area contributed by atoms with E-state index in [2.05, 4.69) is 18.6 Å². The summed E-state index contributed by atoms with van der Waals surface area (Å²) in [5.74, 6) is -0.135. The highest BCUT2D eigenvalue weighted by Gasteiger charge is 2.12. The summed E-state index contributed by atoms with van der Waals surface area (Å²) < 4.78 is 10.3. The molecule has 32 heavy (non-hydrogen) atoms. The van der Waals surface area contributed by atoms with Gasteiger partial charge in [0.1, 0.15) is 6.10 Å². The second-order valence-corrected chi connectivity index (χ2v) is 9.40. The van der Waals surface area contributed by atoms with Crippen LogP contribution in [0.25, 0.3) is 0 Å². The molecular formula is C28H54O4. The molecule has 0 saturated carbocycles. The molecule has 0 rings (SSSR count). The standard InChI is InChI=1S/C28H54O4/c1-4-6-7-8-9-10-11-12-13-14-15-18-22-25-28(30)32-26(5-2)23-20-17-16-19-21-24-27(29)31-3/h26H,4-25H2,1-3H3. The Morgan fingerprint density at radius 3 is 1.41 bits per heavy atom. The molecule has 0 aliphatic carbocycles. The molecule has 0 aliphatic rings. The number of unbranched alkanes of at least 4 members (excludes halogenated alkanes) is 16. The van der Waals surface area contributed by atoms with Crippen molar-refractivity contribution < 1.29 is 19.1 Å². The second-order valence-electron chi connectivity index (χ2n) is 9.40. The fourth-order valence-electron chi connectivity index (χ4n) is 4.15. The van der Waals surface area contributed by atoms with E-state index < -0.39 is 0 Å². The van der Waals surface area contributed by atoms with Gasteiger partial charge in [-0.15, -0.1) is 0 Å². The van der Waals surface area contributed by atoms with Gasteiger partial charge in [0.2, 0.25) is 0 Å². The van der Waals surface area contributed by atoms with Crippen LogP contribution in [0.5, 0.6) is 0 Å². The van der Waals surface area contributed by atoms with E-state index in [-0.39, 0.29) is 18.0 Å². The van der Waals surface area contributed by atoms with Gasteiger partial charge in [-0.25, -0.2) is 0 Å². The fraction of sp³-hybridized carbons (Fsp3) is 0.929. The van der Waals surface area contributed by atoms with Crippen LogP contribution in [-0.4, -0.2) is 25.2 Å². The Hall–Kier alpha value is -1.06. The summed E-state index contributed by atoms with van der Waals surface area (Å²) in [6.45, 7) is 4.37. The smallest absolute Gasteiger partial charge is 0.306 e. The maximum atomic E-state index is 12.1. The van der Waals surface area contributed by atoms with E-state index in [1.165, 1.54) is 77.7 Å². The predicted octanol–water partition coefficient (Wildman–Crippen LogP) is 8.69. The molecule has 0 aliphatic heterocycles. The topological polar surface area (TPSA) is 52.6 Å². The molecule has 0 heterocycles. The number of carbonyl (C=O) groups excluding carboxylic acids is 2. The molecule has 0 spiro atoms. The molecular weight excluding hydrogens is 400 g/mol. The number of ether oxygens (including phenoxy) is 2. The molecule has 4 nitrogen and oxygen atoms in total. The van der Waals surface area contributed by atoms with Crippen LogP contribution in [0.4, 0.5) is 0 Å². The van der Waals surface area contributed by atoms with Gasteiger partial charge in [-0.2, -0.15) is 0 Å². The molecule has 0 aromatic carbocycles. The van der Waals surface area contributed by atoms with Gasteiger partial charge in [-0.3, -0.25) is 9.59 Å². The first-order valence-corrected chi connectivity index (χ1v) is 13.9. The summed E-state index contributed by atoms with van der Waals surface area (Å²) in [5.41, 5.74) is 0. The molecule has 0 fully saturated rings. The average molecular weight is 455 g/mol. The first kappa shape index (κ1) is 30.9. The van der Waals surface area contributed by atoms with Crippen molar-refractivity contribution in [3.8, 4) is 0 Å². The lowest BCUT2D eigenvalue weighted by atomic mass is 10.0. The molecule has 0 radical (unpaired) electrons. The van der Waals surface area contributed by atoms with Crippen molar-refractivity contribution in [1.82, 2.24) is 0 Å². The lowest BCUT2D eigenvalue weighted by molar-refractivity contribution is -0.149. The number of esters is 2. The van der Waals surface area contributed by atoms with Crippen molar-refractivity contribution in [2.24, 2.45) is 0 Å². The lowest BCUT2D eigenvalue weighted by Crippen LogP contribution is -2.17. The van der Waals surface area contributed by atoms with Gasteiger partial charge in [0.15, 0.2) is 0 Å². The highest BCUT2D eigenvalue weighted by molar-refractivity contribution is 5.69. The molecule has 0 aromatic heterocycles. The van der Waals surface area contributed by atoms with Crippen LogP contribution >= 0.6 is 0 Å². The van der Waals surface area contributed by atoms with E-state index in [4.69, 9.17) is 4.74 Å². The highest BCUT2D eigenvalue weighted by Crippen LogP contribution is 2.16. The monoisotopic (exact) mass is 454 g/mol. The van der Waals surface area contributed by atoms with Gasteiger partial charge in [0, 0.05) is 12.8 Å². The van der Waals surface area contributed by atoms with E-state index in [1.807, 2.05) is 0 Å². The molecule has 0 saturated heterocycles. The highest BCUT2D eigenvalue weighted by atomic mass is 16.5. The minimum Gasteiger partial charge on any atom is -0.469 e. The third-order valence-electron chi connectivity index (χ3n) is 6.37. The van der Waals surface area contributed by atoms with Crippen molar-refractivity contribution in [3.63, 3.8) is 0 Å². The van der Waals surface area contributed by atoms with Gasteiger partial charge >= 0.3 is 11.9 Å². The predicted molar refractivity (Wildman–Crippen MR) is 135 cm³/mol. The van der Waals surface area contributed by atoms with E-state index in [0.29, 0.717) is 12.8 Å². The van der Waals surface area contributed by atoms with Crippen LogP contribution in [0, 0.1) is 0 Å². The van der Waals surface area contributed by atoms with Crippen LogP contribution in [0.1, 0.15) is 155 Å². The van der Waals surface area contributed by atoms with Crippen LogP contribution in [0.3, 0.4) is 0 Å². The summed E-state index contributed by atoms with van der Waals surface area (Å²) in [4.78, 5) is 23.2. The van der Waals surface area contributed by atoms with Gasteiger partial charge in [-0.05, 0) is 32.1 Å². The minimum absolute atomic E-state index is 0.0157. The number of rotatable bonds is 24. The first-order chi connectivity index (χ1) is 15.6. The summed E-state index contributed by atoms with van der Waals surface area (Å²) in [6.07, 6.45) is 25.5. The molecule has 1 atom stereocenters. The van der Waals surface area contributed by atoms with Crippen LogP contribution < -0.4 is 0 Å². The van der Waals surface area contributed by atoms with E-state index >= 15 is 0 Å². The minimum atomic E-state index is -0.119. The number of hydrogen-bond donors (Lipinski definition) is 0. The Morgan fingerprint density at radius 2 is 0.969 bits per heavy atom. The number of carbonyl (C=O) groups is 2. The number of hydrogen-bond acceptors (Lipinski definition) is 4. The lowest BCUT2D eigenvalue weighted by Gasteiger charge is -2.16. The maximum Gasteiger partial charge on any atom is 0.306 e. The number of methoxy groups -OCH3 is 1. The van der Waals surface area contributed by atoms with Crippen molar-refractivity contribution in [2.75, 3.05) is 7.11 Å². The van der Waals surface area contributed by atoms with Crippen molar-refractivity contribution in [3.05, 3.63) is 0 Å². The zero-order valence-corrected chi connectivity index (χ0v) is 21.8. The summed E-state index contributed by atoms with van der Waals surface area (Å²) in [7, 11) is 1.44. The third kappa shape index (κ3) is 22.1. The van der Waals surface area contributed by atoms with Crippen molar-refractivity contribution >= 4 is 11.9 Å². The Kier molecular flexibility index (Phi) is 23.8. The Bertz CT molecular complexity index is 422. The Balaban J connectivity index is 3.46. The van der Waals surface area contributed by atoms with E-state index in [0.717, 1.165) is 57.8 Å². The largest absolute Gasteiger partial charge is 0.469 e. The van der Waals surface area contributed by atoms with Gasteiger partial charge in [0.05, 0.1) is 7.11 Å². The van der Waals surface area contributed by atoms with E-state index in [1.54, 1.807) is 0 Å². The molecule has 0 N–H and O–H groups in total. The quantitative estimate of drug-likeness (QED) is 0.108. The molecule has 1 unspecified atom stereocenters. The Morgan fingerprint density at radius 1 is 0.562 bits per heavy atom. The maximum absolute atomic E-state index is 12.1. The van der Waals surface area contributed by atoms with Crippen LogP contribution in [-0.2, 0) is 19.1 Å². The third-order valence-corrected chi connectivity index (χ3v) is 6.37. The summed E-state index contributed by atoms with van der Waals surface area (Å²) in [6, 6.07) is 0. The first-order valence-electron chi connectivity index (χ1n) is 13.9. The van der Waals surface area contributed by atoms with Gasteiger partial charge < -0.3 is 9.47 Å². The second kappa shape index (κ2) is 24.6. The fourth-order valence-corrected chi connectivity index (χ4v) is 4.15. The van der Waals surface area contributed by atoms with E-state index in [9.17, 15) is 9.59 Å². The molecule has 4 heteroatoms. The normalized spacial score (nSPS) is 12.0. The SMILES string of the molecule is CCCCCCCCCCCCCCCC(=O)OC(CC)CCCCCCCC(=O)OC. The van der Waals surface area contributed by atoms with Crippen LogP contribution in [0.2, 0.25) is 0 Å². The van der Waals surface area contributed by atoms with Gasteiger partial charge in [0.25, 0.3) is 0 Å². The summed E-state index contributed by atoms with van der Waals surface area (Å²) in [5, 5.41) is 0. The molecule has 0 aromatic rings. The zero-order valence-electron chi connectivity index (χ0n) is 21.8. The molecule has 0 bridgehead atoms. The average Bonchev–Trinajstić information content (AvgIpc) is 2.80. The molecule has 190 valence electrons. The van der Waals surface area contributed by atoms with Crippen molar-refractivity contribution in [1.29, 1.82) is 0 Å². The Labute approximate surface area is 199 Å². The zero-order chi connectivity index (χ0) is 23.7. The van der Waals surface area contributed by atoms with Crippen molar-refractivity contribution in [2.45, 2.75) is 161 Å².